The fourth-order valence-corrected chi connectivity index (χ4v) is 23.0. The van der Waals surface area contributed by atoms with E-state index < -0.39 is 230 Å². The van der Waals surface area contributed by atoms with Crippen LogP contribution in [0.1, 0.15) is 106 Å². The minimum Gasteiger partial charge on any atom is -0.780 e. The van der Waals surface area contributed by atoms with E-state index in [9.17, 15) is 62.6 Å². The SMILES string of the molecule is CC[C@H]1O[C@@H](n2cc(C)c(=O)[nH]c2=O)CC1OP([O-])(=S)OC[C@H]1O[C@@H](n2cnc3c(N)ncnc32)CC1OP(=O)([S-])OC[C@H]1O[C@@H](n2cc(C)c(=O)[nH]c2=O)CC1OP([O-])(=S)OC[C@H]1O[C@@H](n2cnc3c(=O)[nH]c(N)nc32)CC1OP([O-])(=S)OC[C@H]1O[C@@H](n2cnc3c(N)ncnc32)CC1OP([O-])(=S)OC[C@H]1O[C@@H](n2cc(C)c(=O)[nH]c2=O)CC1OP([O-])(=S)OC. The zero-order chi connectivity index (χ0) is 90.2. The van der Waals surface area contributed by atoms with Crippen LogP contribution in [0.5, 0.6) is 0 Å². The number of rotatable bonds is 35. The van der Waals surface area contributed by atoms with Crippen molar-refractivity contribution < 1.29 is 112 Å². The van der Waals surface area contributed by atoms with Gasteiger partial charge in [0.25, 0.3) is 22.2 Å². The molecule has 0 saturated carbocycles. The van der Waals surface area contributed by atoms with Crippen LogP contribution in [0.15, 0.2) is 83.8 Å². The molecular weight excluding hydrogens is 1910 g/mol. The van der Waals surface area contributed by atoms with Gasteiger partial charge >= 0.3 is 17.1 Å². The molecule has 0 amide bonds. The fraction of sp³-hybridized carbons (Fsp3) is 0.565. The minimum atomic E-state index is -5.00. The summed E-state index contributed by atoms with van der Waals surface area (Å²) < 4.78 is 129. The highest BCUT2D eigenvalue weighted by Crippen LogP contribution is 2.56. The Morgan fingerprint density at radius 1 is 0.413 bits per heavy atom. The number of anilines is 3. The summed E-state index contributed by atoms with van der Waals surface area (Å²) in [7, 11) is 1.03. The number of nitrogen functional groups attached to an aromatic ring is 3. The Morgan fingerprint density at radius 3 is 1.05 bits per heavy atom. The van der Waals surface area contributed by atoms with E-state index >= 15 is 0 Å². The summed E-state index contributed by atoms with van der Waals surface area (Å²) in [4.78, 5) is 203. The summed E-state index contributed by atoms with van der Waals surface area (Å²) in [6.07, 6.45) is -14.8. The smallest absolute Gasteiger partial charge is 0.330 e. The van der Waals surface area contributed by atoms with Crippen LogP contribution in [-0.2, 0) is 159 Å². The number of H-pyrrole nitrogens is 4. The van der Waals surface area contributed by atoms with Crippen molar-refractivity contribution in [3.8, 4) is 0 Å². The molecule has 9 aromatic rings. The Kier molecular flexibility index (Phi) is 28.3. The van der Waals surface area contributed by atoms with Gasteiger partial charge in [0.05, 0.1) is 94.7 Å². The lowest BCUT2D eigenvalue weighted by Gasteiger charge is -2.36. The molecule has 0 aromatic carbocycles. The summed E-state index contributed by atoms with van der Waals surface area (Å²) in [6.45, 7) is -26.3. The Bertz CT molecular complexity index is 6400. The Balaban J connectivity index is 0.646. The molecule has 15 heterocycles. The van der Waals surface area contributed by atoms with Gasteiger partial charge in [-0.1, -0.05) is 66.0 Å². The maximum atomic E-state index is 14.9. The lowest BCUT2D eigenvalue weighted by molar-refractivity contribution is -0.221. The third-order valence-corrected chi connectivity index (χ3v) is 30.3. The molecule has 0 radical (unpaired) electrons. The van der Waals surface area contributed by atoms with Crippen LogP contribution >= 0.6 is 40.4 Å². The second-order valence-corrected chi connectivity index (χ2v) is 45.5. The highest BCUT2D eigenvalue weighted by molar-refractivity contribution is 8.32. The Labute approximate surface area is 737 Å². The normalized spacial score (nSPS) is 29.4. The first-order valence-electron chi connectivity index (χ1n) is 37.7. The van der Waals surface area contributed by atoms with Gasteiger partial charge in [-0.3, -0.25) is 71.1 Å². The van der Waals surface area contributed by atoms with E-state index in [0.717, 1.165) is 33.3 Å². The Hall–Kier alpha value is -6.20. The van der Waals surface area contributed by atoms with Crippen molar-refractivity contribution in [3.05, 3.63) is 140 Å². The quantitative estimate of drug-likeness (QED) is 0.0165. The van der Waals surface area contributed by atoms with Crippen molar-refractivity contribution in [2.24, 2.45) is 0 Å². The van der Waals surface area contributed by atoms with E-state index in [1.54, 1.807) is 6.92 Å². The second kappa shape index (κ2) is 37.8. The molecule has 126 heavy (non-hydrogen) atoms. The number of fused-ring (bicyclic) bond motifs is 3. The predicted octanol–water partition coefficient (Wildman–Crippen LogP) is -2.12. The zero-order valence-electron chi connectivity index (χ0n) is 65.8. The minimum absolute atomic E-state index is 0.00952. The number of nitrogens with two attached hydrogens (primary N) is 3. The van der Waals surface area contributed by atoms with Gasteiger partial charge in [0.15, 0.2) is 40.9 Å². The van der Waals surface area contributed by atoms with Crippen LogP contribution in [0.3, 0.4) is 0 Å². The third-order valence-electron chi connectivity index (χ3n) is 20.8. The molecule has 686 valence electrons. The highest BCUT2D eigenvalue weighted by atomic mass is 32.7. The van der Waals surface area contributed by atoms with Gasteiger partial charge in [0.2, 0.25) is 5.95 Å². The average Bonchev–Trinajstić information content (AvgIpc) is 1.63. The van der Waals surface area contributed by atoms with Gasteiger partial charge in [-0.05, 0) is 27.2 Å². The molecule has 15 rings (SSSR count). The van der Waals surface area contributed by atoms with E-state index in [-0.39, 0.29) is 99.9 Å². The maximum Gasteiger partial charge on any atom is 0.330 e. The number of aryl methyl sites for hydroxylation is 3. The average molecular weight is 1990 g/mol. The van der Waals surface area contributed by atoms with Gasteiger partial charge in [-0.15, -0.1) is 0 Å². The lowest BCUT2D eigenvalue weighted by Crippen LogP contribution is -2.34. The summed E-state index contributed by atoms with van der Waals surface area (Å²) >= 11 is 32.4. The molecule has 24 atom stereocenters. The molecule has 6 aliphatic rings. The Morgan fingerprint density at radius 2 is 0.706 bits per heavy atom. The van der Waals surface area contributed by atoms with Gasteiger partial charge in [-0.25, -0.2) is 49.3 Å². The molecule has 10 N–H and O–H groups in total. The monoisotopic (exact) mass is 1990 g/mol. The third kappa shape index (κ3) is 21.4. The van der Waals surface area contributed by atoms with Crippen molar-refractivity contribution in [1.29, 1.82) is 0 Å². The standard InChI is InChI=1S/C62H81N21O31P6S6/c1-6-29-30(7-41(103-29)78-13-26(2)55(84)75-60(78)88)110-116(92,122)98-18-38-33(10-44(106-38)81-23-70-47-50(63)66-21-68-52(47)81)113-119(95,125)100-17-37-32(9-43(105-37)80-15-28(4)57(86)77-62(80)90)111-117(93,123)102-20-40-35(12-46(108-40)83-25-72-49-54(83)73-59(65)74-58(49)87)114-120(96,126)101-19-39-34(11-45(107-39)82-24-71-48-51(64)67-22-69-53(48)82)112-118(94,124)99-16-36-31(109-115(91,121)97-5)8-42(104-36)79-14-27(3)56(85)76-61(79)89/h13-15,21-25,29-46H,6-12,16-20H2,1-5H3,(H,91,121)(H,92,122)(H,93,123)(H,94,124)(H,95,125)(H,96,126)(H2,63,66,68)(H2,64,67,69)(H,75,84,88)(H,76,85,89)(H,77,86,90)(H3,65,73,74,87)/p-6/t29-,30?,31?,32?,33?,34?,35?,36-,37-,38-,39-,40-,41-,42-,43-,44-,45-,46-,115?,116?,117?,118?,119?,120?/m1/s1. The van der Waals surface area contributed by atoms with E-state index in [1.165, 1.54) is 72.2 Å². The summed E-state index contributed by atoms with van der Waals surface area (Å²) in [5.41, 5.74) is 13.5. The number of ether oxygens (including phenoxy) is 6. The summed E-state index contributed by atoms with van der Waals surface area (Å²) in [5, 5.41) is 0. The number of nitrogens with one attached hydrogen (secondary N) is 4. The molecule has 0 bridgehead atoms. The first-order chi connectivity index (χ1) is 59.5. The second-order valence-electron chi connectivity index (χ2n) is 29.2. The van der Waals surface area contributed by atoms with Gasteiger partial charge in [0, 0.05) is 80.9 Å². The van der Waals surface area contributed by atoms with Gasteiger partial charge in [-0.2, -0.15) is 4.98 Å². The van der Waals surface area contributed by atoms with Crippen LogP contribution in [-0.4, -0.2) is 201 Å². The maximum absolute atomic E-state index is 14.9. The number of aromatic amines is 4. The van der Waals surface area contributed by atoms with Gasteiger partial charge in [0.1, 0.15) is 125 Å². The molecular formula is C62H75N21O31P6S6-6. The van der Waals surface area contributed by atoms with Crippen molar-refractivity contribution in [2.75, 3.05) is 57.3 Å². The van der Waals surface area contributed by atoms with Crippen molar-refractivity contribution in [3.63, 3.8) is 0 Å². The van der Waals surface area contributed by atoms with Gasteiger partial charge < -0.3 is 137 Å². The first kappa shape index (κ1) is 94.4. The van der Waals surface area contributed by atoms with Crippen LogP contribution in [0.25, 0.3) is 33.5 Å². The van der Waals surface area contributed by atoms with Crippen molar-refractivity contribution in [1.82, 2.24) is 87.2 Å². The topological polar surface area (TPSA) is 692 Å². The number of aromatic nitrogens is 18. The van der Waals surface area contributed by atoms with Crippen LogP contribution in [0.2, 0.25) is 0 Å². The molecule has 9 aromatic heterocycles. The molecule has 12 unspecified atom stereocenters. The van der Waals surface area contributed by atoms with Crippen LogP contribution < -0.4 is 81.0 Å². The molecule has 6 aliphatic heterocycles. The van der Waals surface area contributed by atoms with E-state index in [4.69, 9.17) is 171 Å². The lowest BCUT2D eigenvalue weighted by atomic mass is 10.1. The molecule has 0 spiro atoms. The number of hydrogen-bond acceptors (Lipinski definition) is 48. The van der Waals surface area contributed by atoms with E-state index in [0.29, 0.717) is 6.42 Å². The van der Waals surface area contributed by atoms with Crippen molar-refractivity contribution >= 4 is 163 Å². The summed E-state index contributed by atoms with van der Waals surface area (Å²) in [5.74, 6) is -0.332. The van der Waals surface area contributed by atoms with Crippen LogP contribution in [0.4, 0.5) is 17.6 Å². The van der Waals surface area contributed by atoms with Crippen LogP contribution in [0, 0.1) is 20.8 Å². The number of nitrogens with zero attached hydrogens (tertiary/aromatic N) is 14. The fourth-order valence-electron chi connectivity index (χ4n) is 14.7. The molecule has 6 saturated heterocycles. The van der Waals surface area contributed by atoms with E-state index in [2.05, 4.69) is 59.8 Å². The highest BCUT2D eigenvalue weighted by Gasteiger charge is 2.48. The largest absolute Gasteiger partial charge is 0.780 e. The van der Waals surface area contributed by atoms with Crippen molar-refractivity contribution in [2.45, 2.75) is 183 Å². The number of hydrogen-bond donors (Lipinski definition) is 7. The predicted molar refractivity (Wildman–Crippen MR) is 444 cm³/mol. The molecule has 52 nitrogen and oxygen atoms in total. The molecule has 6 fully saturated rings. The molecule has 64 heteroatoms. The number of imidazole rings is 3. The molecule has 0 aliphatic carbocycles. The van der Waals surface area contributed by atoms with E-state index in [1.807, 2.05) is 0 Å². The summed E-state index contributed by atoms with van der Waals surface area (Å²) in [6, 6.07) is 0. The zero-order valence-corrected chi connectivity index (χ0v) is 76.0. The first-order valence-corrected chi connectivity index (χ1v) is 53.0.